The van der Waals surface area contributed by atoms with E-state index < -0.39 is 23.2 Å². The quantitative estimate of drug-likeness (QED) is 0.489. The summed E-state index contributed by atoms with van der Waals surface area (Å²) in [6, 6.07) is 2.45. The van der Waals surface area contributed by atoms with Crippen LogP contribution in [0, 0.1) is 13.8 Å². The van der Waals surface area contributed by atoms with Crippen molar-refractivity contribution in [3.8, 4) is 0 Å². The SMILES string of the molecule is Cc1cc(C(=O)N(N)C(C)(C)C)cc(C)c1C(F)(F)F. The molecule has 0 radical (unpaired) electrons. The lowest BCUT2D eigenvalue weighted by Gasteiger charge is -2.31. The number of alkyl halides is 3. The van der Waals surface area contributed by atoms with Gasteiger partial charge in [0.1, 0.15) is 0 Å². The van der Waals surface area contributed by atoms with Crippen molar-refractivity contribution in [3.63, 3.8) is 0 Å². The highest BCUT2D eigenvalue weighted by molar-refractivity contribution is 5.94. The van der Waals surface area contributed by atoms with Gasteiger partial charge in [0.05, 0.1) is 11.1 Å². The van der Waals surface area contributed by atoms with E-state index in [1.54, 1.807) is 20.8 Å². The molecule has 0 saturated carbocycles. The maximum atomic E-state index is 12.9. The molecule has 0 aromatic heterocycles. The standard InChI is InChI=1S/C14H19F3N2O/c1-8-6-10(12(20)19(18)13(3,4)5)7-9(2)11(8)14(15,16)17/h6-7H,18H2,1-5H3. The minimum Gasteiger partial charge on any atom is -0.271 e. The summed E-state index contributed by atoms with van der Waals surface area (Å²) < 4.78 is 38.6. The van der Waals surface area contributed by atoms with Gasteiger partial charge in [-0.05, 0) is 57.9 Å². The summed E-state index contributed by atoms with van der Waals surface area (Å²) in [4.78, 5) is 12.2. The monoisotopic (exact) mass is 288 g/mol. The number of aryl methyl sites for hydroxylation is 2. The summed E-state index contributed by atoms with van der Waals surface area (Å²) in [5.41, 5.74) is -1.12. The predicted octanol–water partition coefficient (Wildman–Crippen LogP) is 3.44. The topological polar surface area (TPSA) is 46.3 Å². The molecule has 1 aromatic rings. The van der Waals surface area contributed by atoms with Crippen LogP contribution in [0.3, 0.4) is 0 Å². The Bertz CT molecular complexity index is 507. The average molecular weight is 288 g/mol. The number of hydrogen-bond acceptors (Lipinski definition) is 2. The number of nitrogens with two attached hydrogens (primary N) is 1. The molecule has 112 valence electrons. The second-order valence-electron chi connectivity index (χ2n) is 5.83. The molecule has 1 amide bonds. The van der Waals surface area contributed by atoms with Crippen LogP contribution in [0.4, 0.5) is 13.2 Å². The first-order valence-electron chi connectivity index (χ1n) is 6.13. The highest BCUT2D eigenvalue weighted by Crippen LogP contribution is 2.35. The molecule has 6 heteroatoms. The summed E-state index contributed by atoms with van der Waals surface area (Å²) in [5.74, 6) is 5.21. The number of carbonyl (C=O) groups excluding carboxylic acids is 1. The number of nitrogens with zero attached hydrogens (tertiary/aromatic N) is 1. The van der Waals surface area contributed by atoms with Crippen molar-refractivity contribution in [2.75, 3.05) is 0 Å². The van der Waals surface area contributed by atoms with Gasteiger partial charge in [-0.1, -0.05) is 0 Å². The van der Waals surface area contributed by atoms with Gasteiger partial charge in [0.15, 0.2) is 0 Å². The predicted molar refractivity (Wildman–Crippen MR) is 71.0 cm³/mol. The lowest BCUT2D eigenvalue weighted by atomic mass is 9.97. The van der Waals surface area contributed by atoms with Gasteiger partial charge in [-0.25, -0.2) is 5.84 Å². The van der Waals surface area contributed by atoms with Crippen LogP contribution in [0.15, 0.2) is 12.1 Å². The number of carbonyl (C=O) groups is 1. The summed E-state index contributed by atoms with van der Waals surface area (Å²) >= 11 is 0. The zero-order valence-electron chi connectivity index (χ0n) is 12.2. The molecule has 0 fully saturated rings. The fourth-order valence-corrected chi connectivity index (χ4v) is 1.98. The molecule has 20 heavy (non-hydrogen) atoms. The van der Waals surface area contributed by atoms with Crippen molar-refractivity contribution in [1.29, 1.82) is 0 Å². The average Bonchev–Trinajstić information content (AvgIpc) is 2.22. The first-order valence-corrected chi connectivity index (χ1v) is 6.13. The molecular weight excluding hydrogens is 269 g/mol. The Hall–Kier alpha value is -1.56. The van der Waals surface area contributed by atoms with Gasteiger partial charge in [-0.15, -0.1) is 0 Å². The minimum atomic E-state index is -4.43. The first kappa shape index (κ1) is 16.5. The van der Waals surface area contributed by atoms with Gasteiger partial charge < -0.3 is 0 Å². The molecular formula is C14H19F3N2O. The lowest BCUT2D eigenvalue weighted by Crippen LogP contribution is -2.50. The van der Waals surface area contributed by atoms with E-state index in [2.05, 4.69) is 0 Å². The maximum Gasteiger partial charge on any atom is 0.416 e. The van der Waals surface area contributed by atoms with E-state index in [4.69, 9.17) is 5.84 Å². The third-order valence-corrected chi connectivity index (χ3v) is 3.00. The van der Waals surface area contributed by atoms with Crippen molar-refractivity contribution in [2.45, 2.75) is 46.3 Å². The molecule has 0 bridgehead atoms. The van der Waals surface area contributed by atoms with Crippen molar-refractivity contribution in [1.82, 2.24) is 5.01 Å². The largest absolute Gasteiger partial charge is 0.416 e. The lowest BCUT2D eigenvalue weighted by molar-refractivity contribution is -0.138. The van der Waals surface area contributed by atoms with Gasteiger partial charge in [0.25, 0.3) is 5.91 Å². The third-order valence-electron chi connectivity index (χ3n) is 3.00. The second-order valence-corrected chi connectivity index (χ2v) is 5.83. The Balaban J connectivity index is 3.29. The Morgan fingerprint density at radius 2 is 1.50 bits per heavy atom. The normalized spacial score (nSPS) is 12.4. The van der Waals surface area contributed by atoms with Gasteiger partial charge in [0.2, 0.25) is 0 Å². The van der Waals surface area contributed by atoms with Gasteiger partial charge in [-0.2, -0.15) is 13.2 Å². The van der Waals surface area contributed by atoms with E-state index in [-0.39, 0.29) is 16.7 Å². The Morgan fingerprint density at radius 3 is 1.80 bits per heavy atom. The molecule has 0 heterocycles. The van der Waals surface area contributed by atoms with Crippen LogP contribution >= 0.6 is 0 Å². The van der Waals surface area contributed by atoms with Gasteiger partial charge >= 0.3 is 6.18 Å². The number of benzene rings is 1. The van der Waals surface area contributed by atoms with Crippen LogP contribution in [-0.2, 0) is 6.18 Å². The smallest absolute Gasteiger partial charge is 0.271 e. The van der Waals surface area contributed by atoms with Crippen molar-refractivity contribution in [3.05, 3.63) is 34.4 Å². The van der Waals surface area contributed by atoms with Crippen LogP contribution in [0.2, 0.25) is 0 Å². The minimum absolute atomic E-state index is 0.0168. The molecule has 2 N–H and O–H groups in total. The van der Waals surface area contributed by atoms with Gasteiger partial charge in [0, 0.05) is 5.56 Å². The molecule has 0 aliphatic carbocycles. The molecule has 1 rings (SSSR count). The first-order chi connectivity index (χ1) is 8.85. The summed E-state index contributed by atoms with van der Waals surface area (Å²) in [6.07, 6.45) is -4.43. The second kappa shape index (κ2) is 5.09. The van der Waals surface area contributed by atoms with E-state index in [1.807, 2.05) is 0 Å². The molecule has 0 spiro atoms. The van der Waals surface area contributed by atoms with Crippen LogP contribution in [0.25, 0.3) is 0 Å². The van der Waals surface area contributed by atoms with Crippen LogP contribution in [0.5, 0.6) is 0 Å². The molecule has 3 nitrogen and oxygen atoms in total. The van der Waals surface area contributed by atoms with E-state index >= 15 is 0 Å². The fourth-order valence-electron chi connectivity index (χ4n) is 1.98. The van der Waals surface area contributed by atoms with E-state index in [1.165, 1.54) is 26.0 Å². The Labute approximate surface area is 116 Å². The molecule has 0 aliphatic rings. The van der Waals surface area contributed by atoms with Gasteiger partial charge in [-0.3, -0.25) is 9.80 Å². The van der Waals surface area contributed by atoms with Crippen molar-refractivity contribution >= 4 is 5.91 Å². The molecule has 1 aromatic carbocycles. The molecule has 0 aliphatic heterocycles. The third kappa shape index (κ3) is 3.30. The van der Waals surface area contributed by atoms with Crippen LogP contribution < -0.4 is 5.84 Å². The Morgan fingerprint density at radius 1 is 1.10 bits per heavy atom. The molecule has 0 unspecified atom stereocenters. The zero-order valence-corrected chi connectivity index (χ0v) is 12.2. The highest BCUT2D eigenvalue weighted by Gasteiger charge is 2.35. The van der Waals surface area contributed by atoms with Crippen LogP contribution in [0.1, 0.15) is 47.8 Å². The molecule has 0 saturated heterocycles. The number of hydrazine groups is 1. The Kier molecular flexibility index (Phi) is 4.20. The fraction of sp³-hybridized carbons (Fsp3) is 0.500. The van der Waals surface area contributed by atoms with Crippen molar-refractivity contribution < 1.29 is 18.0 Å². The summed E-state index contributed by atoms with van der Waals surface area (Å²) in [7, 11) is 0. The van der Waals surface area contributed by atoms with E-state index in [0.717, 1.165) is 5.01 Å². The van der Waals surface area contributed by atoms with E-state index in [9.17, 15) is 18.0 Å². The maximum absolute atomic E-state index is 12.9. The van der Waals surface area contributed by atoms with Crippen LogP contribution in [-0.4, -0.2) is 16.5 Å². The molecule has 0 atom stereocenters. The number of rotatable bonds is 1. The number of hydrogen-bond donors (Lipinski definition) is 1. The highest BCUT2D eigenvalue weighted by atomic mass is 19.4. The van der Waals surface area contributed by atoms with Crippen molar-refractivity contribution in [2.24, 2.45) is 5.84 Å². The zero-order chi connectivity index (χ0) is 15.9. The summed E-state index contributed by atoms with van der Waals surface area (Å²) in [5, 5.41) is 1.02. The number of amides is 1. The number of halogens is 3. The van der Waals surface area contributed by atoms with E-state index in [0.29, 0.717) is 0 Å². The summed E-state index contributed by atoms with van der Waals surface area (Å²) in [6.45, 7) is 7.91.